The van der Waals surface area contributed by atoms with Crippen LogP contribution in [-0.2, 0) is 6.54 Å². The van der Waals surface area contributed by atoms with E-state index >= 15 is 0 Å². The first-order valence-corrected chi connectivity index (χ1v) is 7.43. The number of benzene rings is 1. The van der Waals surface area contributed by atoms with Gasteiger partial charge in [0.15, 0.2) is 0 Å². The molecule has 0 unspecified atom stereocenters. The SMILES string of the molecule is COc1ccc(-c2noc(CNC(=O)c3cccs3)n2)cc1. The van der Waals surface area contributed by atoms with Gasteiger partial charge in [-0.2, -0.15) is 4.98 Å². The van der Waals surface area contributed by atoms with Crippen molar-refractivity contribution in [2.45, 2.75) is 6.54 Å². The number of thiophene rings is 1. The molecule has 2 aromatic heterocycles. The fourth-order valence-electron chi connectivity index (χ4n) is 1.83. The number of methoxy groups -OCH3 is 1. The topological polar surface area (TPSA) is 77.3 Å². The molecule has 22 heavy (non-hydrogen) atoms. The highest BCUT2D eigenvalue weighted by Gasteiger charge is 2.11. The smallest absolute Gasteiger partial charge is 0.261 e. The van der Waals surface area contributed by atoms with Crippen LogP contribution in [0.1, 0.15) is 15.6 Å². The van der Waals surface area contributed by atoms with Gasteiger partial charge >= 0.3 is 0 Å². The summed E-state index contributed by atoms with van der Waals surface area (Å²) in [6.45, 7) is 0.194. The molecule has 0 bridgehead atoms. The summed E-state index contributed by atoms with van der Waals surface area (Å²) < 4.78 is 10.2. The number of ether oxygens (including phenoxy) is 1. The minimum atomic E-state index is -0.154. The number of carbonyl (C=O) groups is 1. The maximum absolute atomic E-state index is 11.8. The van der Waals surface area contributed by atoms with Gasteiger partial charge in [0.2, 0.25) is 11.7 Å². The largest absolute Gasteiger partial charge is 0.497 e. The van der Waals surface area contributed by atoms with Crippen LogP contribution in [0.5, 0.6) is 5.75 Å². The monoisotopic (exact) mass is 315 g/mol. The maximum Gasteiger partial charge on any atom is 0.261 e. The number of nitrogens with one attached hydrogen (secondary N) is 1. The van der Waals surface area contributed by atoms with Crippen LogP contribution < -0.4 is 10.1 Å². The van der Waals surface area contributed by atoms with Crippen LogP contribution in [-0.4, -0.2) is 23.2 Å². The van der Waals surface area contributed by atoms with Gasteiger partial charge in [-0.05, 0) is 35.7 Å². The average molecular weight is 315 g/mol. The fraction of sp³-hybridized carbons (Fsp3) is 0.133. The molecule has 0 aliphatic heterocycles. The van der Waals surface area contributed by atoms with E-state index in [0.717, 1.165) is 11.3 Å². The number of carbonyl (C=O) groups excluding carboxylic acids is 1. The quantitative estimate of drug-likeness (QED) is 0.783. The fourth-order valence-corrected chi connectivity index (χ4v) is 2.47. The van der Waals surface area contributed by atoms with Gasteiger partial charge in [-0.25, -0.2) is 0 Å². The highest BCUT2D eigenvalue weighted by Crippen LogP contribution is 2.19. The summed E-state index contributed by atoms with van der Waals surface area (Å²) in [6.07, 6.45) is 0. The van der Waals surface area contributed by atoms with Gasteiger partial charge in [0.25, 0.3) is 5.91 Å². The molecule has 0 saturated carbocycles. The highest BCUT2D eigenvalue weighted by atomic mass is 32.1. The summed E-state index contributed by atoms with van der Waals surface area (Å²) in [4.78, 5) is 16.7. The molecule has 1 amide bonds. The second-order valence-corrected chi connectivity index (χ2v) is 5.35. The lowest BCUT2D eigenvalue weighted by molar-refractivity contribution is 0.0950. The molecule has 112 valence electrons. The molecule has 0 saturated heterocycles. The molecule has 0 aliphatic carbocycles. The average Bonchev–Trinajstić information content (AvgIpc) is 3.24. The van der Waals surface area contributed by atoms with E-state index < -0.39 is 0 Å². The summed E-state index contributed by atoms with van der Waals surface area (Å²) in [6, 6.07) is 10.9. The van der Waals surface area contributed by atoms with Crippen molar-refractivity contribution in [2.75, 3.05) is 7.11 Å². The minimum Gasteiger partial charge on any atom is -0.497 e. The van der Waals surface area contributed by atoms with Crippen LogP contribution in [0.2, 0.25) is 0 Å². The Morgan fingerprint density at radius 3 is 2.82 bits per heavy atom. The number of amides is 1. The summed E-state index contributed by atoms with van der Waals surface area (Å²) in [5.41, 5.74) is 0.820. The zero-order valence-electron chi connectivity index (χ0n) is 11.8. The standard InChI is InChI=1S/C15H13N3O3S/c1-20-11-6-4-10(5-7-11)14-17-13(21-18-14)9-16-15(19)12-3-2-8-22-12/h2-8H,9H2,1H3,(H,16,19). The second kappa shape index (κ2) is 6.40. The molecular formula is C15H13N3O3S. The van der Waals surface area contributed by atoms with Gasteiger partial charge in [0.05, 0.1) is 18.5 Å². The molecule has 0 aliphatic rings. The van der Waals surface area contributed by atoms with E-state index in [9.17, 15) is 4.79 Å². The zero-order chi connectivity index (χ0) is 15.4. The molecule has 1 aromatic carbocycles. The van der Waals surface area contributed by atoms with Crippen molar-refractivity contribution in [3.63, 3.8) is 0 Å². The van der Waals surface area contributed by atoms with E-state index in [-0.39, 0.29) is 12.5 Å². The Morgan fingerprint density at radius 2 is 2.14 bits per heavy atom. The predicted molar refractivity (Wildman–Crippen MR) is 81.8 cm³/mol. The highest BCUT2D eigenvalue weighted by molar-refractivity contribution is 7.12. The maximum atomic E-state index is 11.8. The normalized spacial score (nSPS) is 10.4. The summed E-state index contributed by atoms with van der Waals surface area (Å²) in [5.74, 6) is 1.44. The van der Waals surface area contributed by atoms with Gasteiger partial charge in [-0.1, -0.05) is 11.2 Å². The predicted octanol–water partition coefficient (Wildman–Crippen LogP) is 2.74. The molecule has 3 aromatic rings. The van der Waals surface area contributed by atoms with E-state index in [4.69, 9.17) is 9.26 Å². The van der Waals surface area contributed by atoms with Crippen molar-refractivity contribution < 1.29 is 14.1 Å². The lowest BCUT2D eigenvalue weighted by atomic mass is 10.2. The number of aromatic nitrogens is 2. The van der Waals surface area contributed by atoms with Crippen molar-refractivity contribution in [1.82, 2.24) is 15.5 Å². The number of nitrogens with zero attached hydrogens (tertiary/aromatic N) is 2. The van der Waals surface area contributed by atoms with E-state index in [1.54, 1.807) is 13.2 Å². The Balaban J connectivity index is 1.64. The number of hydrogen-bond donors (Lipinski definition) is 1. The third kappa shape index (κ3) is 3.15. The van der Waals surface area contributed by atoms with Crippen molar-refractivity contribution in [3.8, 4) is 17.1 Å². The van der Waals surface area contributed by atoms with Crippen LogP contribution in [0.3, 0.4) is 0 Å². The lowest BCUT2D eigenvalue weighted by Crippen LogP contribution is -2.21. The van der Waals surface area contributed by atoms with Gasteiger partial charge in [0, 0.05) is 5.56 Å². The third-order valence-electron chi connectivity index (χ3n) is 2.96. The Bertz CT molecular complexity index is 751. The molecule has 3 rings (SSSR count). The van der Waals surface area contributed by atoms with E-state index in [1.165, 1.54) is 11.3 Å². The van der Waals surface area contributed by atoms with E-state index in [1.807, 2.05) is 35.7 Å². The summed E-state index contributed by atoms with van der Waals surface area (Å²) in [5, 5.41) is 8.50. The Labute approximate surface area is 130 Å². The van der Waals surface area contributed by atoms with Gasteiger partial charge in [-0.15, -0.1) is 11.3 Å². The molecular weight excluding hydrogens is 302 g/mol. The first kappa shape index (κ1) is 14.3. The number of hydrogen-bond acceptors (Lipinski definition) is 6. The first-order valence-electron chi connectivity index (χ1n) is 6.55. The molecule has 7 heteroatoms. The number of rotatable bonds is 5. The minimum absolute atomic E-state index is 0.154. The molecule has 2 heterocycles. The van der Waals surface area contributed by atoms with Crippen LogP contribution in [0.25, 0.3) is 11.4 Å². The van der Waals surface area contributed by atoms with E-state index in [0.29, 0.717) is 16.6 Å². The third-order valence-corrected chi connectivity index (χ3v) is 3.83. The summed E-state index contributed by atoms with van der Waals surface area (Å²) in [7, 11) is 1.61. The van der Waals surface area contributed by atoms with Crippen molar-refractivity contribution >= 4 is 17.2 Å². The van der Waals surface area contributed by atoms with Crippen LogP contribution in [0.15, 0.2) is 46.3 Å². The van der Waals surface area contributed by atoms with Gasteiger partial charge in [-0.3, -0.25) is 4.79 Å². The Kier molecular flexibility index (Phi) is 4.15. The van der Waals surface area contributed by atoms with Crippen LogP contribution in [0, 0.1) is 0 Å². The lowest BCUT2D eigenvalue weighted by Gasteiger charge is -1.99. The molecule has 1 N–H and O–H groups in total. The van der Waals surface area contributed by atoms with Gasteiger partial charge in [0.1, 0.15) is 5.75 Å². The molecule has 6 nitrogen and oxygen atoms in total. The van der Waals surface area contributed by atoms with E-state index in [2.05, 4.69) is 15.5 Å². The molecule has 0 spiro atoms. The Morgan fingerprint density at radius 1 is 1.32 bits per heavy atom. The molecule has 0 fully saturated rings. The van der Waals surface area contributed by atoms with Crippen molar-refractivity contribution in [2.24, 2.45) is 0 Å². The van der Waals surface area contributed by atoms with Crippen molar-refractivity contribution in [3.05, 3.63) is 52.5 Å². The van der Waals surface area contributed by atoms with Gasteiger partial charge < -0.3 is 14.6 Å². The van der Waals surface area contributed by atoms with Crippen LogP contribution >= 0.6 is 11.3 Å². The zero-order valence-corrected chi connectivity index (χ0v) is 12.6. The molecule has 0 atom stereocenters. The van der Waals surface area contributed by atoms with Crippen LogP contribution in [0.4, 0.5) is 0 Å². The summed E-state index contributed by atoms with van der Waals surface area (Å²) >= 11 is 1.38. The first-order chi connectivity index (χ1) is 10.8. The molecule has 0 radical (unpaired) electrons. The Hall–Kier alpha value is -2.67. The van der Waals surface area contributed by atoms with Crippen molar-refractivity contribution in [1.29, 1.82) is 0 Å². The second-order valence-electron chi connectivity index (χ2n) is 4.40.